The third-order valence-electron chi connectivity index (χ3n) is 3.79. The van der Waals surface area contributed by atoms with Gasteiger partial charge in [0, 0.05) is 23.4 Å². The zero-order valence-electron chi connectivity index (χ0n) is 16.2. The molecule has 0 unspecified atom stereocenters. The zero-order valence-corrected chi connectivity index (χ0v) is 17.0. The highest BCUT2D eigenvalue weighted by Crippen LogP contribution is 2.40. The van der Waals surface area contributed by atoms with Gasteiger partial charge in [0.2, 0.25) is 15.8 Å². The van der Waals surface area contributed by atoms with Crippen molar-refractivity contribution in [3.8, 4) is 17.2 Å². The van der Waals surface area contributed by atoms with Gasteiger partial charge >= 0.3 is 6.18 Å². The molecule has 2 aromatic carbocycles. The number of amides is 1. The molecule has 0 aliphatic carbocycles. The van der Waals surface area contributed by atoms with Crippen molar-refractivity contribution >= 4 is 21.6 Å². The lowest BCUT2D eigenvalue weighted by atomic mass is 10.2. The van der Waals surface area contributed by atoms with Gasteiger partial charge in [0.25, 0.3) is 5.91 Å². The van der Waals surface area contributed by atoms with E-state index in [2.05, 4.69) is 5.32 Å². The number of carbonyl (C=O) groups excluding carboxylic acids is 1. The number of alkyl halides is 3. The second-order valence-corrected chi connectivity index (χ2v) is 7.60. The lowest BCUT2D eigenvalue weighted by molar-refractivity contribution is -0.121. The van der Waals surface area contributed by atoms with E-state index >= 15 is 0 Å². The molecule has 30 heavy (non-hydrogen) atoms. The maximum absolute atomic E-state index is 12.5. The quantitative estimate of drug-likeness (QED) is 0.644. The van der Waals surface area contributed by atoms with Crippen LogP contribution in [0.3, 0.4) is 0 Å². The summed E-state index contributed by atoms with van der Waals surface area (Å²) in [6, 6.07) is 7.53. The summed E-state index contributed by atoms with van der Waals surface area (Å²) in [4.78, 5) is 12.1. The number of methoxy groups -OCH3 is 3. The van der Waals surface area contributed by atoms with Crippen molar-refractivity contribution in [2.45, 2.75) is 11.1 Å². The molecule has 0 heterocycles. The van der Waals surface area contributed by atoms with Crippen LogP contribution in [0, 0.1) is 0 Å². The van der Waals surface area contributed by atoms with Gasteiger partial charge in [-0.1, -0.05) is 6.07 Å². The van der Waals surface area contributed by atoms with Crippen molar-refractivity contribution in [3.05, 3.63) is 42.0 Å². The number of hydrogen-bond acceptors (Lipinski definition) is 6. The lowest BCUT2D eigenvalue weighted by Gasteiger charge is -2.15. The van der Waals surface area contributed by atoms with Gasteiger partial charge in [-0.25, -0.2) is 13.1 Å². The number of anilines is 1. The molecule has 2 N–H and O–H groups in total. The van der Waals surface area contributed by atoms with E-state index in [1.807, 2.05) is 0 Å². The zero-order chi connectivity index (χ0) is 22.5. The fraction of sp³-hybridized carbons (Fsp3) is 0.278. The van der Waals surface area contributed by atoms with Crippen LogP contribution in [0.5, 0.6) is 17.2 Å². The first-order chi connectivity index (χ1) is 14.0. The number of nitrogens with one attached hydrogen (secondary N) is 2. The molecule has 0 aliphatic rings. The van der Waals surface area contributed by atoms with Crippen molar-refractivity contribution in [1.82, 2.24) is 4.72 Å². The molecule has 0 aliphatic heterocycles. The first-order valence-corrected chi connectivity index (χ1v) is 9.77. The Morgan fingerprint density at radius 3 is 2.10 bits per heavy atom. The van der Waals surface area contributed by atoms with Crippen LogP contribution in [0.15, 0.2) is 41.3 Å². The summed E-state index contributed by atoms with van der Waals surface area (Å²) < 4.78 is 78.1. The average Bonchev–Trinajstić information content (AvgIpc) is 2.71. The molecular formula is C18H19F3N2O6S. The van der Waals surface area contributed by atoms with Crippen LogP contribution in [0.4, 0.5) is 18.9 Å². The Morgan fingerprint density at radius 2 is 1.60 bits per heavy atom. The van der Waals surface area contributed by atoms with E-state index in [9.17, 15) is 26.4 Å². The standard InChI is InChI=1S/C18H19F3N2O6S/c1-27-14-8-12(9-15(28-2)16(14)29-3)23-17(24)11-5-4-6-13(7-11)30(25,26)22-10-18(19,20)21/h4-9,22H,10H2,1-3H3,(H,23,24). The number of halogens is 3. The number of sulfonamides is 1. The Bertz CT molecular complexity index is 1000. The smallest absolute Gasteiger partial charge is 0.402 e. The maximum atomic E-state index is 12.5. The molecule has 12 heteroatoms. The highest BCUT2D eigenvalue weighted by molar-refractivity contribution is 7.89. The summed E-state index contributed by atoms with van der Waals surface area (Å²) in [5.74, 6) is 0.165. The summed E-state index contributed by atoms with van der Waals surface area (Å²) in [6.07, 6.45) is -4.71. The molecule has 0 fully saturated rings. The Labute approximate surface area is 171 Å². The van der Waals surface area contributed by atoms with Crippen molar-refractivity contribution in [3.63, 3.8) is 0 Å². The summed E-state index contributed by atoms with van der Waals surface area (Å²) in [5.41, 5.74) is 0.177. The largest absolute Gasteiger partial charge is 0.493 e. The van der Waals surface area contributed by atoms with E-state index in [1.54, 1.807) is 0 Å². The molecule has 2 aromatic rings. The van der Waals surface area contributed by atoms with E-state index < -0.39 is 33.5 Å². The van der Waals surface area contributed by atoms with Gasteiger partial charge in [-0.05, 0) is 18.2 Å². The molecule has 2 rings (SSSR count). The second kappa shape index (κ2) is 9.22. The monoisotopic (exact) mass is 448 g/mol. The van der Waals surface area contributed by atoms with Crippen molar-refractivity contribution < 1.29 is 40.6 Å². The van der Waals surface area contributed by atoms with E-state index in [-0.39, 0.29) is 22.7 Å². The minimum absolute atomic E-state index is 0.0846. The van der Waals surface area contributed by atoms with Crippen molar-refractivity contribution in [2.24, 2.45) is 0 Å². The van der Waals surface area contributed by atoms with Gasteiger partial charge in [0.15, 0.2) is 11.5 Å². The maximum Gasteiger partial charge on any atom is 0.402 e. The Kier molecular flexibility index (Phi) is 7.16. The molecule has 164 valence electrons. The van der Waals surface area contributed by atoms with Crippen LogP contribution in [-0.4, -0.2) is 48.4 Å². The predicted octanol–water partition coefficient (Wildman–Crippen LogP) is 2.81. The van der Waals surface area contributed by atoms with E-state index in [0.29, 0.717) is 5.75 Å². The first kappa shape index (κ1) is 23.3. The third kappa shape index (κ3) is 5.76. The van der Waals surface area contributed by atoms with E-state index in [1.165, 1.54) is 50.3 Å². The van der Waals surface area contributed by atoms with Crippen LogP contribution < -0.4 is 24.2 Å². The third-order valence-corrected chi connectivity index (χ3v) is 5.19. The Balaban J connectivity index is 2.28. The van der Waals surface area contributed by atoms with Gasteiger partial charge in [-0.3, -0.25) is 4.79 Å². The Morgan fingerprint density at radius 1 is 1.00 bits per heavy atom. The fourth-order valence-electron chi connectivity index (χ4n) is 2.42. The fourth-order valence-corrected chi connectivity index (χ4v) is 3.48. The molecular weight excluding hydrogens is 429 g/mol. The average molecular weight is 448 g/mol. The number of carbonyl (C=O) groups is 1. The van der Waals surface area contributed by atoms with Crippen LogP contribution in [-0.2, 0) is 10.0 Å². The molecule has 0 spiro atoms. The molecule has 0 saturated carbocycles. The van der Waals surface area contributed by atoms with E-state index in [0.717, 1.165) is 12.1 Å². The number of benzene rings is 2. The second-order valence-electron chi connectivity index (χ2n) is 5.84. The molecule has 0 aromatic heterocycles. The normalized spacial score (nSPS) is 11.7. The number of rotatable bonds is 8. The van der Waals surface area contributed by atoms with Crippen LogP contribution in [0.1, 0.15) is 10.4 Å². The highest BCUT2D eigenvalue weighted by Gasteiger charge is 2.30. The number of ether oxygens (including phenoxy) is 3. The minimum atomic E-state index is -4.71. The summed E-state index contributed by atoms with van der Waals surface area (Å²) >= 11 is 0. The molecule has 0 radical (unpaired) electrons. The van der Waals surface area contributed by atoms with Gasteiger partial charge in [-0.2, -0.15) is 13.2 Å². The van der Waals surface area contributed by atoms with Gasteiger partial charge < -0.3 is 19.5 Å². The summed E-state index contributed by atoms with van der Waals surface area (Å²) in [6.45, 7) is -1.73. The number of hydrogen-bond donors (Lipinski definition) is 2. The topological polar surface area (TPSA) is 103 Å². The molecule has 0 atom stereocenters. The predicted molar refractivity (Wildman–Crippen MR) is 102 cm³/mol. The molecule has 0 saturated heterocycles. The van der Waals surface area contributed by atoms with E-state index in [4.69, 9.17) is 14.2 Å². The van der Waals surface area contributed by atoms with Crippen LogP contribution in [0.25, 0.3) is 0 Å². The summed E-state index contributed by atoms with van der Waals surface area (Å²) in [7, 11) is -0.257. The van der Waals surface area contributed by atoms with Crippen LogP contribution >= 0.6 is 0 Å². The first-order valence-electron chi connectivity index (χ1n) is 8.28. The Hall–Kier alpha value is -2.99. The lowest BCUT2D eigenvalue weighted by Crippen LogP contribution is -2.33. The van der Waals surface area contributed by atoms with Crippen molar-refractivity contribution in [2.75, 3.05) is 33.2 Å². The molecule has 8 nitrogen and oxygen atoms in total. The molecule has 1 amide bonds. The van der Waals surface area contributed by atoms with Gasteiger partial charge in [0.1, 0.15) is 6.54 Å². The van der Waals surface area contributed by atoms with Gasteiger partial charge in [0.05, 0.1) is 26.2 Å². The molecule has 0 bridgehead atoms. The van der Waals surface area contributed by atoms with Gasteiger partial charge in [-0.15, -0.1) is 0 Å². The van der Waals surface area contributed by atoms with Crippen LogP contribution in [0.2, 0.25) is 0 Å². The summed E-state index contributed by atoms with van der Waals surface area (Å²) in [5, 5.41) is 2.54. The SMILES string of the molecule is COc1cc(NC(=O)c2cccc(S(=O)(=O)NCC(F)(F)F)c2)cc(OC)c1OC. The highest BCUT2D eigenvalue weighted by atomic mass is 32.2. The minimum Gasteiger partial charge on any atom is -0.493 e. The van der Waals surface area contributed by atoms with Crippen molar-refractivity contribution in [1.29, 1.82) is 0 Å².